The molecule has 1 fully saturated rings. The molecule has 0 unspecified atom stereocenters. The highest BCUT2D eigenvalue weighted by Gasteiger charge is 2.44. The molecule has 1 aliphatic heterocycles. The van der Waals surface area contributed by atoms with Crippen molar-refractivity contribution in [2.45, 2.75) is 42.9 Å². The molecule has 1 aliphatic rings. The first kappa shape index (κ1) is 16.7. The van der Waals surface area contributed by atoms with E-state index in [1.165, 1.54) is 0 Å². The van der Waals surface area contributed by atoms with Crippen molar-refractivity contribution in [3.8, 4) is 0 Å². The average molecular weight is 284 g/mol. The Kier molecular flexibility index (Phi) is 6.53. The number of hydrogen-bond acceptors (Lipinski definition) is 9. The highest BCUT2D eigenvalue weighted by Crippen LogP contribution is 2.22. The molecular formula is C10H20O9. The van der Waals surface area contributed by atoms with Crippen molar-refractivity contribution in [1.29, 1.82) is 0 Å². The van der Waals surface area contributed by atoms with E-state index in [2.05, 4.69) is 0 Å². The van der Waals surface area contributed by atoms with Crippen LogP contribution in [0.1, 0.15) is 0 Å². The van der Waals surface area contributed by atoms with E-state index in [0.717, 1.165) is 0 Å². The Morgan fingerprint density at radius 3 is 2.11 bits per heavy atom. The van der Waals surface area contributed by atoms with Gasteiger partial charge in [-0.15, -0.1) is 0 Å². The van der Waals surface area contributed by atoms with Crippen LogP contribution in [-0.4, -0.2) is 98.5 Å². The quantitative estimate of drug-likeness (QED) is 0.255. The predicted molar refractivity (Wildman–Crippen MR) is 58.8 cm³/mol. The standard InChI is InChI=1S/C10H20O9/c11-1-4(13)5(14)3-18-10-9(17)8(16)7(15)6(2-12)19-10/h4-17H,1-3H2/t4-,5+,6+,7+,8-,9-,10+/m0/s1. The Balaban J connectivity index is 2.52. The van der Waals surface area contributed by atoms with Gasteiger partial charge in [0.1, 0.15) is 36.6 Å². The second kappa shape index (κ2) is 7.43. The van der Waals surface area contributed by atoms with E-state index in [1.54, 1.807) is 0 Å². The molecule has 0 spiro atoms. The van der Waals surface area contributed by atoms with Gasteiger partial charge in [-0.2, -0.15) is 0 Å². The first-order valence-corrected chi connectivity index (χ1v) is 5.81. The third-order valence-corrected chi connectivity index (χ3v) is 2.91. The maximum Gasteiger partial charge on any atom is 0.186 e. The van der Waals surface area contributed by atoms with Crippen molar-refractivity contribution in [3.63, 3.8) is 0 Å². The smallest absolute Gasteiger partial charge is 0.186 e. The van der Waals surface area contributed by atoms with Crippen LogP contribution in [0.2, 0.25) is 0 Å². The van der Waals surface area contributed by atoms with Crippen LogP contribution < -0.4 is 0 Å². The summed E-state index contributed by atoms with van der Waals surface area (Å²) < 4.78 is 9.96. The first-order valence-electron chi connectivity index (χ1n) is 5.81. The van der Waals surface area contributed by atoms with E-state index in [-0.39, 0.29) is 0 Å². The molecular weight excluding hydrogens is 264 g/mol. The van der Waals surface area contributed by atoms with Gasteiger partial charge < -0.3 is 45.2 Å². The number of hydrogen-bond donors (Lipinski definition) is 7. The zero-order valence-corrected chi connectivity index (χ0v) is 10.1. The van der Waals surface area contributed by atoms with Crippen LogP contribution in [0, 0.1) is 0 Å². The van der Waals surface area contributed by atoms with Crippen molar-refractivity contribution in [1.82, 2.24) is 0 Å². The summed E-state index contributed by atoms with van der Waals surface area (Å²) in [5.74, 6) is 0. The number of ether oxygens (including phenoxy) is 2. The maximum absolute atomic E-state index is 9.59. The molecule has 1 saturated heterocycles. The van der Waals surface area contributed by atoms with Gasteiger partial charge in [0.25, 0.3) is 0 Å². The molecule has 0 aromatic carbocycles. The minimum Gasteiger partial charge on any atom is -0.394 e. The Hall–Kier alpha value is -0.360. The van der Waals surface area contributed by atoms with Crippen molar-refractivity contribution in [2.75, 3.05) is 19.8 Å². The molecule has 9 nitrogen and oxygen atoms in total. The van der Waals surface area contributed by atoms with Crippen LogP contribution >= 0.6 is 0 Å². The van der Waals surface area contributed by atoms with Crippen molar-refractivity contribution < 1.29 is 45.2 Å². The summed E-state index contributed by atoms with van der Waals surface area (Å²) >= 11 is 0. The third kappa shape index (κ3) is 4.05. The highest BCUT2D eigenvalue weighted by atomic mass is 16.7. The molecule has 9 heteroatoms. The van der Waals surface area contributed by atoms with Crippen molar-refractivity contribution >= 4 is 0 Å². The number of aliphatic hydroxyl groups is 7. The molecule has 7 atom stereocenters. The van der Waals surface area contributed by atoms with Gasteiger partial charge in [-0.05, 0) is 0 Å². The van der Waals surface area contributed by atoms with Gasteiger partial charge in [-0.25, -0.2) is 0 Å². The minimum atomic E-state index is -1.57. The Morgan fingerprint density at radius 2 is 1.58 bits per heavy atom. The van der Waals surface area contributed by atoms with E-state index in [4.69, 9.17) is 24.8 Å². The molecule has 1 rings (SSSR count). The molecule has 0 aromatic heterocycles. The van der Waals surface area contributed by atoms with Gasteiger partial charge in [0.2, 0.25) is 0 Å². The summed E-state index contributed by atoms with van der Waals surface area (Å²) in [5.41, 5.74) is 0. The van der Waals surface area contributed by atoms with Crippen LogP contribution in [-0.2, 0) is 9.47 Å². The summed E-state index contributed by atoms with van der Waals surface area (Å²) in [6, 6.07) is 0. The van der Waals surface area contributed by atoms with Crippen LogP contribution in [0.3, 0.4) is 0 Å². The zero-order chi connectivity index (χ0) is 14.6. The van der Waals surface area contributed by atoms with E-state index < -0.39 is 62.7 Å². The van der Waals surface area contributed by atoms with Crippen molar-refractivity contribution in [2.24, 2.45) is 0 Å². The van der Waals surface area contributed by atoms with Crippen LogP contribution in [0.15, 0.2) is 0 Å². The Bertz CT molecular complexity index is 261. The first-order chi connectivity index (χ1) is 8.92. The fourth-order valence-electron chi connectivity index (χ4n) is 1.63. The van der Waals surface area contributed by atoms with Crippen LogP contribution in [0.4, 0.5) is 0 Å². The van der Waals surface area contributed by atoms with Gasteiger partial charge in [-0.1, -0.05) is 0 Å². The van der Waals surface area contributed by atoms with Gasteiger partial charge >= 0.3 is 0 Å². The molecule has 0 aromatic rings. The fraction of sp³-hybridized carbons (Fsp3) is 1.00. The van der Waals surface area contributed by atoms with Gasteiger partial charge in [-0.3, -0.25) is 0 Å². The second-order valence-corrected chi connectivity index (χ2v) is 4.35. The third-order valence-electron chi connectivity index (χ3n) is 2.91. The van der Waals surface area contributed by atoms with Crippen LogP contribution in [0.25, 0.3) is 0 Å². The van der Waals surface area contributed by atoms with Gasteiger partial charge in [0, 0.05) is 0 Å². The predicted octanol–water partition coefficient (Wildman–Crippen LogP) is -4.48. The lowest BCUT2D eigenvalue weighted by molar-refractivity contribution is -0.306. The molecule has 0 bridgehead atoms. The minimum absolute atomic E-state index is 0.468. The number of aliphatic hydroxyl groups excluding tert-OH is 7. The fourth-order valence-corrected chi connectivity index (χ4v) is 1.63. The van der Waals surface area contributed by atoms with Crippen molar-refractivity contribution in [3.05, 3.63) is 0 Å². The SMILES string of the molecule is OC[C@H](O)[C@H](O)CO[C@@H]1O[C@H](CO)[C@@H](O)[C@H](O)[C@@H]1O. The van der Waals surface area contributed by atoms with E-state index in [1.807, 2.05) is 0 Å². The maximum atomic E-state index is 9.59. The van der Waals surface area contributed by atoms with E-state index in [0.29, 0.717) is 0 Å². The van der Waals surface area contributed by atoms with Gasteiger partial charge in [0.15, 0.2) is 6.29 Å². The lowest BCUT2D eigenvalue weighted by Crippen LogP contribution is -2.59. The molecule has 0 saturated carbocycles. The lowest BCUT2D eigenvalue weighted by atomic mass is 9.99. The molecule has 0 aliphatic carbocycles. The Labute approximate surface area is 109 Å². The number of rotatable bonds is 6. The van der Waals surface area contributed by atoms with Gasteiger partial charge in [0.05, 0.1) is 19.8 Å². The largest absolute Gasteiger partial charge is 0.394 e. The lowest BCUT2D eigenvalue weighted by Gasteiger charge is -2.39. The summed E-state index contributed by atoms with van der Waals surface area (Å²) in [5, 5.41) is 64.5. The highest BCUT2D eigenvalue weighted by molar-refractivity contribution is 4.89. The Morgan fingerprint density at radius 1 is 0.947 bits per heavy atom. The normalized spacial score (nSPS) is 39.0. The second-order valence-electron chi connectivity index (χ2n) is 4.35. The monoisotopic (exact) mass is 284 g/mol. The average Bonchev–Trinajstić information content (AvgIpc) is 2.42. The van der Waals surface area contributed by atoms with E-state index >= 15 is 0 Å². The molecule has 19 heavy (non-hydrogen) atoms. The molecule has 7 N–H and O–H groups in total. The topological polar surface area (TPSA) is 160 Å². The molecule has 0 amide bonds. The van der Waals surface area contributed by atoms with E-state index in [9.17, 15) is 20.4 Å². The molecule has 0 radical (unpaired) electrons. The summed E-state index contributed by atoms with van der Waals surface area (Å²) in [6.07, 6.45) is -9.94. The zero-order valence-electron chi connectivity index (χ0n) is 10.1. The summed E-state index contributed by atoms with van der Waals surface area (Å²) in [7, 11) is 0. The molecule has 114 valence electrons. The summed E-state index contributed by atoms with van der Waals surface area (Å²) in [4.78, 5) is 0. The molecule has 1 heterocycles. The summed E-state index contributed by atoms with van der Waals surface area (Å²) in [6.45, 7) is -1.73. The van der Waals surface area contributed by atoms with Crippen LogP contribution in [0.5, 0.6) is 0 Å².